The van der Waals surface area contributed by atoms with Crippen LogP contribution in [0.5, 0.6) is 0 Å². The molecule has 0 aliphatic carbocycles. The van der Waals surface area contributed by atoms with E-state index in [1.165, 1.54) is 0 Å². The van der Waals surface area contributed by atoms with Gasteiger partial charge in [0.15, 0.2) is 0 Å². The van der Waals surface area contributed by atoms with Crippen LogP contribution in [-0.4, -0.2) is 17.5 Å². The van der Waals surface area contributed by atoms with Crippen molar-refractivity contribution in [2.75, 3.05) is 5.32 Å². The molecule has 1 unspecified atom stereocenters. The second kappa shape index (κ2) is 5.41. The molecule has 0 spiro atoms. The fraction of sp³-hybridized carbons (Fsp3) is 0.462. The average Bonchev–Trinajstić information content (AvgIpc) is 2.18. The molecule has 0 aromatic heterocycles. The summed E-state index contributed by atoms with van der Waals surface area (Å²) in [6.07, 6.45) is 0. The van der Waals surface area contributed by atoms with Crippen molar-refractivity contribution in [3.8, 4) is 0 Å². The molecule has 17 heavy (non-hydrogen) atoms. The predicted molar refractivity (Wildman–Crippen MR) is 72.4 cm³/mol. The maximum Gasteiger partial charge on any atom is 0.242 e. The molecule has 4 heteroatoms. The van der Waals surface area contributed by atoms with Gasteiger partial charge in [0.25, 0.3) is 0 Å². The lowest BCUT2D eigenvalue weighted by Gasteiger charge is -2.24. The molecule has 1 amide bonds. The number of anilines is 1. The molecule has 1 aromatic rings. The van der Waals surface area contributed by atoms with Gasteiger partial charge in [0.05, 0.1) is 10.7 Å². The van der Waals surface area contributed by atoms with Gasteiger partial charge in [0.2, 0.25) is 5.91 Å². The third-order valence-corrected chi connectivity index (χ3v) is 2.47. The Morgan fingerprint density at radius 3 is 2.41 bits per heavy atom. The quantitative estimate of drug-likeness (QED) is 0.871. The highest BCUT2D eigenvalue weighted by atomic mass is 35.5. The second-order valence-corrected chi connectivity index (χ2v) is 5.49. The highest BCUT2D eigenvalue weighted by Crippen LogP contribution is 2.21. The fourth-order valence-corrected chi connectivity index (χ4v) is 1.55. The summed E-state index contributed by atoms with van der Waals surface area (Å²) in [5.41, 5.74) is 0.541. The first-order valence-electron chi connectivity index (χ1n) is 5.63. The van der Waals surface area contributed by atoms with E-state index in [2.05, 4.69) is 10.6 Å². The molecule has 0 fully saturated rings. The molecular weight excluding hydrogens is 236 g/mol. The Kier molecular flexibility index (Phi) is 4.40. The Balaban J connectivity index is 2.64. The number of nitrogens with one attached hydrogen (secondary N) is 2. The number of hydrogen-bond donors (Lipinski definition) is 2. The first kappa shape index (κ1) is 13.8. The third-order valence-electron chi connectivity index (χ3n) is 2.14. The molecule has 0 bridgehead atoms. The zero-order valence-electron chi connectivity index (χ0n) is 10.7. The summed E-state index contributed by atoms with van der Waals surface area (Å²) in [5, 5.41) is 6.62. The van der Waals surface area contributed by atoms with Crippen molar-refractivity contribution in [3.05, 3.63) is 29.3 Å². The summed E-state index contributed by atoms with van der Waals surface area (Å²) in [5.74, 6) is -0.0441. The van der Waals surface area contributed by atoms with Crippen molar-refractivity contribution >= 4 is 23.2 Å². The van der Waals surface area contributed by atoms with Gasteiger partial charge in [-0.3, -0.25) is 4.79 Å². The van der Waals surface area contributed by atoms with Gasteiger partial charge in [-0.2, -0.15) is 0 Å². The van der Waals surface area contributed by atoms with Crippen molar-refractivity contribution in [2.24, 2.45) is 0 Å². The van der Waals surface area contributed by atoms with Crippen molar-refractivity contribution in [3.63, 3.8) is 0 Å². The van der Waals surface area contributed by atoms with Crippen LogP contribution in [0, 0.1) is 0 Å². The van der Waals surface area contributed by atoms with Crippen LogP contribution in [0.4, 0.5) is 5.69 Å². The standard InChI is InChI=1S/C13H19ClN2O/c1-9(12(17)16-13(2,3)4)15-11-8-6-5-7-10(11)14/h5-9,15H,1-4H3,(H,16,17). The van der Waals surface area contributed by atoms with E-state index in [4.69, 9.17) is 11.6 Å². The summed E-state index contributed by atoms with van der Waals surface area (Å²) < 4.78 is 0. The average molecular weight is 255 g/mol. The minimum atomic E-state index is -0.325. The zero-order valence-corrected chi connectivity index (χ0v) is 11.4. The summed E-state index contributed by atoms with van der Waals surface area (Å²) in [6, 6.07) is 7.05. The van der Waals surface area contributed by atoms with E-state index < -0.39 is 0 Å². The summed E-state index contributed by atoms with van der Waals surface area (Å²) >= 11 is 6.01. The van der Waals surface area contributed by atoms with Gasteiger partial charge >= 0.3 is 0 Å². The van der Waals surface area contributed by atoms with Gasteiger partial charge in [-0.05, 0) is 39.8 Å². The van der Waals surface area contributed by atoms with E-state index >= 15 is 0 Å². The van der Waals surface area contributed by atoms with Crippen LogP contribution >= 0.6 is 11.6 Å². The maximum absolute atomic E-state index is 11.9. The maximum atomic E-state index is 11.9. The summed E-state index contributed by atoms with van der Waals surface area (Å²) in [6.45, 7) is 7.66. The Morgan fingerprint density at radius 2 is 1.88 bits per heavy atom. The number of benzene rings is 1. The van der Waals surface area contributed by atoms with Crippen LogP contribution in [0.1, 0.15) is 27.7 Å². The molecule has 3 nitrogen and oxygen atoms in total. The first-order chi connectivity index (χ1) is 7.79. The molecule has 1 atom stereocenters. The molecule has 2 N–H and O–H groups in total. The molecular formula is C13H19ClN2O. The summed E-state index contributed by atoms with van der Waals surface area (Å²) in [7, 11) is 0. The molecule has 0 saturated carbocycles. The topological polar surface area (TPSA) is 41.1 Å². The van der Waals surface area contributed by atoms with Gasteiger partial charge in [0.1, 0.15) is 6.04 Å². The van der Waals surface area contributed by atoms with Crippen molar-refractivity contribution in [1.82, 2.24) is 5.32 Å². The Bertz CT molecular complexity index is 399. The Morgan fingerprint density at radius 1 is 1.29 bits per heavy atom. The Hall–Kier alpha value is -1.22. The lowest BCUT2D eigenvalue weighted by atomic mass is 10.1. The number of carbonyl (C=O) groups excluding carboxylic acids is 1. The van der Waals surface area contributed by atoms with E-state index in [-0.39, 0.29) is 17.5 Å². The highest BCUT2D eigenvalue weighted by molar-refractivity contribution is 6.33. The summed E-state index contributed by atoms with van der Waals surface area (Å²) in [4.78, 5) is 11.9. The lowest BCUT2D eigenvalue weighted by molar-refractivity contribution is -0.122. The second-order valence-electron chi connectivity index (χ2n) is 5.09. The Labute approximate surface area is 108 Å². The number of amides is 1. The van der Waals surface area contributed by atoms with E-state index in [1.54, 1.807) is 6.07 Å². The number of rotatable bonds is 3. The van der Waals surface area contributed by atoms with Crippen LogP contribution in [-0.2, 0) is 4.79 Å². The van der Waals surface area contributed by atoms with Gasteiger partial charge in [-0.15, -0.1) is 0 Å². The molecule has 0 heterocycles. The van der Waals surface area contributed by atoms with Crippen LogP contribution < -0.4 is 10.6 Å². The molecule has 1 rings (SSSR count). The van der Waals surface area contributed by atoms with E-state index in [9.17, 15) is 4.79 Å². The van der Waals surface area contributed by atoms with Crippen LogP contribution in [0.2, 0.25) is 5.02 Å². The van der Waals surface area contributed by atoms with E-state index in [0.717, 1.165) is 5.69 Å². The zero-order chi connectivity index (χ0) is 13.1. The lowest BCUT2D eigenvalue weighted by Crippen LogP contribution is -2.47. The third kappa shape index (κ3) is 4.65. The van der Waals surface area contributed by atoms with Crippen molar-refractivity contribution < 1.29 is 4.79 Å². The van der Waals surface area contributed by atoms with Crippen LogP contribution in [0.3, 0.4) is 0 Å². The van der Waals surface area contributed by atoms with Gasteiger partial charge in [0, 0.05) is 5.54 Å². The van der Waals surface area contributed by atoms with E-state index in [0.29, 0.717) is 5.02 Å². The fourth-order valence-electron chi connectivity index (χ4n) is 1.35. The SMILES string of the molecule is CC(Nc1ccccc1Cl)C(=O)NC(C)(C)C. The number of carbonyl (C=O) groups is 1. The predicted octanol–water partition coefficient (Wildman–Crippen LogP) is 3.06. The normalized spacial score (nSPS) is 13.0. The molecule has 0 saturated heterocycles. The molecule has 1 aromatic carbocycles. The number of hydrogen-bond acceptors (Lipinski definition) is 2. The molecule has 0 radical (unpaired) electrons. The highest BCUT2D eigenvalue weighted by Gasteiger charge is 2.19. The first-order valence-corrected chi connectivity index (χ1v) is 6.00. The largest absolute Gasteiger partial charge is 0.373 e. The van der Waals surface area contributed by atoms with Crippen molar-refractivity contribution in [1.29, 1.82) is 0 Å². The minimum Gasteiger partial charge on any atom is -0.373 e. The number of para-hydroxylation sites is 1. The monoisotopic (exact) mass is 254 g/mol. The van der Waals surface area contributed by atoms with Gasteiger partial charge < -0.3 is 10.6 Å². The number of halogens is 1. The van der Waals surface area contributed by atoms with Crippen LogP contribution in [0.25, 0.3) is 0 Å². The molecule has 0 aliphatic heterocycles. The molecule has 94 valence electrons. The van der Waals surface area contributed by atoms with Gasteiger partial charge in [-0.25, -0.2) is 0 Å². The van der Waals surface area contributed by atoms with E-state index in [1.807, 2.05) is 45.9 Å². The minimum absolute atomic E-state index is 0.0441. The smallest absolute Gasteiger partial charge is 0.242 e. The van der Waals surface area contributed by atoms with Crippen molar-refractivity contribution in [2.45, 2.75) is 39.3 Å². The van der Waals surface area contributed by atoms with Gasteiger partial charge in [-0.1, -0.05) is 23.7 Å². The van der Waals surface area contributed by atoms with Crippen LogP contribution in [0.15, 0.2) is 24.3 Å². The molecule has 0 aliphatic rings.